The lowest BCUT2D eigenvalue weighted by molar-refractivity contribution is 0.868. The molecule has 4 rings (SSSR count). The molecule has 0 atom stereocenters. The highest BCUT2D eigenvalue weighted by Crippen LogP contribution is 2.25. The summed E-state index contributed by atoms with van der Waals surface area (Å²) >= 11 is 12.2. The summed E-state index contributed by atoms with van der Waals surface area (Å²) in [5.74, 6) is 0. The summed E-state index contributed by atoms with van der Waals surface area (Å²) < 4.78 is 1.78. The van der Waals surface area contributed by atoms with Crippen LogP contribution in [0.25, 0.3) is 5.69 Å². The Kier molecular flexibility index (Phi) is 4.32. The summed E-state index contributed by atoms with van der Waals surface area (Å²) in [6, 6.07) is 11.2. The number of nitrogens with zero attached hydrogens (tertiary/aromatic N) is 5. The van der Waals surface area contributed by atoms with Gasteiger partial charge >= 0.3 is 0 Å². The van der Waals surface area contributed by atoms with Crippen molar-refractivity contribution in [2.75, 3.05) is 5.01 Å². The Labute approximate surface area is 160 Å². The number of hydrogen-bond donors (Lipinski definition) is 0. The summed E-state index contributed by atoms with van der Waals surface area (Å²) in [5.41, 5.74) is 3.89. The van der Waals surface area contributed by atoms with Gasteiger partial charge in [-0.1, -0.05) is 35.8 Å². The molecule has 0 saturated carbocycles. The van der Waals surface area contributed by atoms with Crippen LogP contribution in [0.3, 0.4) is 0 Å². The van der Waals surface area contributed by atoms with Gasteiger partial charge < -0.3 is 0 Å². The van der Waals surface area contributed by atoms with Gasteiger partial charge in [0, 0.05) is 17.4 Å². The molecule has 7 heteroatoms. The highest BCUT2D eigenvalue weighted by Gasteiger charge is 2.19. The topological polar surface area (TPSA) is 46.3 Å². The highest BCUT2D eigenvalue weighted by molar-refractivity contribution is 6.31. The second-order valence-electron chi connectivity index (χ2n) is 5.60. The molecule has 1 aromatic carbocycles. The van der Waals surface area contributed by atoms with Crippen LogP contribution >= 0.6 is 23.2 Å². The van der Waals surface area contributed by atoms with E-state index >= 15 is 0 Å². The third-order valence-electron chi connectivity index (χ3n) is 3.82. The zero-order valence-electron chi connectivity index (χ0n) is 13.5. The first kappa shape index (κ1) is 16.6. The lowest BCUT2D eigenvalue weighted by Crippen LogP contribution is -2.21. The first-order valence-electron chi connectivity index (χ1n) is 7.78. The first-order chi connectivity index (χ1) is 12.6. The number of pyridine rings is 1. The van der Waals surface area contributed by atoms with Crippen LogP contribution in [0.1, 0.15) is 5.69 Å². The Hall–Kier alpha value is -2.89. The molecule has 0 unspecified atom stereocenters. The summed E-state index contributed by atoms with van der Waals surface area (Å²) in [4.78, 5) is 4.11. The van der Waals surface area contributed by atoms with Crippen molar-refractivity contribution in [3.05, 3.63) is 95.2 Å². The molecule has 0 spiro atoms. The maximum Gasteiger partial charge on any atom is 0.116 e. The Morgan fingerprint density at radius 1 is 0.962 bits per heavy atom. The lowest BCUT2D eigenvalue weighted by Gasteiger charge is -2.21. The molecular formula is C19H13Cl2N5. The number of rotatable bonds is 3. The van der Waals surface area contributed by atoms with Gasteiger partial charge in [-0.3, -0.25) is 4.98 Å². The smallest absolute Gasteiger partial charge is 0.116 e. The molecule has 0 saturated heterocycles. The Morgan fingerprint density at radius 3 is 2.62 bits per heavy atom. The van der Waals surface area contributed by atoms with Crippen molar-refractivity contribution in [1.82, 2.24) is 14.8 Å². The predicted octanol–water partition coefficient (Wildman–Crippen LogP) is 4.87. The van der Waals surface area contributed by atoms with Crippen molar-refractivity contribution in [3.8, 4) is 5.69 Å². The summed E-state index contributed by atoms with van der Waals surface area (Å²) in [7, 11) is 0. The minimum atomic E-state index is 0.543. The van der Waals surface area contributed by atoms with E-state index in [9.17, 15) is 0 Å². The summed E-state index contributed by atoms with van der Waals surface area (Å²) in [6.45, 7) is 4.10. The number of aromatic nitrogens is 3. The van der Waals surface area contributed by atoms with E-state index in [4.69, 9.17) is 28.3 Å². The fourth-order valence-electron chi connectivity index (χ4n) is 2.63. The molecule has 128 valence electrons. The van der Waals surface area contributed by atoms with E-state index < -0.39 is 0 Å². The van der Waals surface area contributed by atoms with E-state index in [0.717, 1.165) is 22.6 Å². The van der Waals surface area contributed by atoms with Crippen LogP contribution in [0.5, 0.6) is 0 Å². The molecule has 0 bridgehead atoms. The van der Waals surface area contributed by atoms with Crippen LogP contribution in [0.15, 0.2) is 84.5 Å². The molecule has 3 aromatic rings. The van der Waals surface area contributed by atoms with Gasteiger partial charge in [0.05, 0.1) is 34.5 Å². The van der Waals surface area contributed by atoms with Gasteiger partial charge in [0.1, 0.15) is 5.71 Å². The van der Waals surface area contributed by atoms with Crippen molar-refractivity contribution >= 4 is 34.6 Å². The van der Waals surface area contributed by atoms with Gasteiger partial charge in [-0.25, -0.2) is 9.69 Å². The van der Waals surface area contributed by atoms with Gasteiger partial charge in [-0.05, 0) is 42.0 Å². The standard InChI is InChI=1S/C19H13Cl2N5/c1-13-6-8-25(17-10-15(21)11-22-12-17)24-19(13)18-5-7-23-26(18)16-4-2-3-14(20)9-16/h2-12H,1H2. The Bertz CT molecular complexity index is 1050. The molecule has 3 heterocycles. The monoisotopic (exact) mass is 381 g/mol. The molecule has 26 heavy (non-hydrogen) atoms. The lowest BCUT2D eigenvalue weighted by atomic mass is 10.1. The SMILES string of the molecule is C=C1C=CN(c2cncc(Cl)c2)N=C1c1ccnn1-c1cccc(Cl)c1. The van der Waals surface area contributed by atoms with E-state index in [0.29, 0.717) is 15.8 Å². The van der Waals surface area contributed by atoms with Crippen LogP contribution in [-0.4, -0.2) is 20.5 Å². The fraction of sp³-hybridized carbons (Fsp3) is 0. The summed E-state index contributed by atoms with van der Waals surface area (Å²) in [6.07, 6.45) is 8.70. The van der Waals surface area contributed by atoms with Crippen molar-refractivity contribution in [1.29, 1.82) is 0 Å². The number of halogens is 2. The van der Waals surface area contributed by atoms with Gasteiger partial charge in [-0.15, -0.1) is 0 Å². The molecule has 2 aromatic heterocycles. The van der Waals surface area contributed by atoms with E-state index in [1.807, 2.05) is 42.6 Å². The van der Waals surface area contributed by atoms with Gasteiger partial charge in [-0.2, -0.15) is 10.2 Å². The largest absolute Gasteiger partial charge is 0.261 e. The zero-order valence-corrected chi connectivity index (χ0v) is 15.1. The molecular weight excluding hydrogens is 369 g/mol. The number of anilines is 1. The Morgan fingerprint density at radius 2 is 1.81 bits per heavy atom. The Balaban J connectivity index is 1.78. The molecule has 1 aliphatic heterocycles. The molecule has 0 aliphatic carbocycles. The predicted molar refractivity (Wildman–Crippen MR) is 105 cm³/mol. The molecule has 0 N–H and O–H groups in total. The van der Waals surface area contributed by atoms with E-state index in [1.165, 1.54) is 0 Å². The quantitative estimate of drug-likeness (QED) is 0.650. The molecule has 0 amide bonds. The van der Waals surface area contributed by atoms with Gasteiger partial charge in [0.25, 0.3) is 0 Å². The number of allylic oxidation sites excluding steroid dienone is 2. The van der Waals surface area contributed by atoms with Gasteiger partial charge in [0.15, 0.2) is 0 Å². The normalized spacial score (nSPS) is 13.8. The van der Waals surface area contributed by atoms with Crippen LogP contribution in [0, 0.1) is 0 Å². The van der Waals surface area contributed by atoms with Gasteiger partial charge in [0.2, 0.25) is 0 Å². The average molecular weight is 382 g/mol. The number of benzene rings is 1. The second kappa shape index (κ2) is 6.78. The second-order valence-corrected chi connectivity index (χ2v) is 6.48. The first-order valence-corrected chi connectivity index (χ1v) is 8.53. The third-order valence-corrected chi connectivity index (χ3v) is 4.26. The van der Waals surface area contributed by atoms with Crippen molar-refractivity contribution < 1.29 is 0 Å². The molecule has 1 aliphatic rings. The molecule has 0 radical (unpaired) electrons. The van der Waals surface area contributed by atoms with Crippen molar-refractivity contribution in [2.24, 2.45) is 5.10 Å². The van der Waals surface area contributed by atoms with Crippen LogP contribution < -0.4 is 5.01 Å². The minimum absolute atomic E-state index is 0.543. The van der Waals surface area contributed by atoms with Crippen molar-refractivity contribution in [3.63, 3.8) is 0 Å². The maximum absolute atomic E-state index is 6.12. The number of hydrogen-bond acceptors (Lipinski definition) is 4. The maximum atomic E-state index is 6.12. The van der Waals surface area contributed by atoms with E-state index in [1.54, 1.807) is 34.3 Å². The highest BCUT2D eigenvalue weighted by atomic mass is 35.5. The minimum Gasteiger partial charge on any atom is -0.261 e. The number of hydrazone groups is 1. The average Bonchev–Trinajstić information content (AvgIpc) is 3.12. The zero-order chi connectivity index (χ0) is 18.1. The summed E-state index contributed by atoms with van der Waals surface area (Å²) in [5, 5.41) is 12.0. The fourth-order valence-corrected chi connectivity index (χ4v) is 2.98. The molecule has 5 nitrogen and oxygen atoms in total. The van der Waals surface area contributed by atoms with Crippen LogP contribution in [-0.2, 0) is 0 Å². The van der Waals surface area contributed by atoms with Crippen LogP contribution in [0.2, 0.25) is 10.0 Å². The van der Waals surface area contributed by atoms with Crippen molar-refractivity contribution in [2.45, 2.75) is 0 Å². The third kappa shape index (κ3) is 3.14. The van der Waals surface area contributed by atoms with E-state index in [2.05, 4.69) is 16.7 Å². The van der Waals surface area contributed by atoms with E-state index in [-0.39, 0.29) is 0 Å². The molecule has 0 fully saturated rings. The van der Waals surface area contributed by atoms with Crippen LogP contribution in [0.4, 0.5) is 5.69 Å².